The van der Waals surface area contributed by atoms with Gasteiger partial charge in [0.1, 0.15) is 0 Å². The van der Waals surface area contributed by atoms with Crippen LogP contribution in [0, 0.1) is 0 Å². The van der Waals surface area contributed by atoms with E-state index in [1.807, 2.05) is 13.3 Å². The summed E-state index contributed by atoms with van der Waals surface area (Å²) in [7, 11) is 1.84. The van der Waals surface area contributed by atoms with E-state index in [-0.39, 0.29) is 0 Å². The maximum absolute atomic E-state index is 4.51. The maximum Gasteiger partial charge on any atom is 0.0495 e. The fourth-order valence-electron chi connectivity index (χ4n) is 1.54. The van der Waals surface area contributed by atoms with Crippen LogP contribution in [0.5, 0.6) is 0 Å². The van der Waals surface area contributed by atoms with Gasteiger partial charge in [-0.15, -0.1) is 0 Å². The Bertz CT molecular complexity index is 181. The molecule has 1 fully saturated rings. The van der Waals surface area contributed by atoms with Gasteiger partial charge in [-0.1, -0.05) is 6.42 Å². The molecule has 0 atom stereocenters. The molecule has 2 nitrogen and oxygen atoms in total. The minimum Gasteiger partial charge on any atom is -0.301 e. The second kappa shape index (κ2) is 7.72. The van der Waals surface area contributed by atoms with Crippen LogP contribution in [0.4, 0.5) is 0 Å². The second-order valence-electron chi connectivity index (χ2n) is 4.00. The van der Waals surface area contributed by atoms with Crippen LogP contribution in [0.25, 0.3) is 0 Å². The minimum atomic E-state index is 0.683. The number of rotatable bonds is 7. The number of unbranched alkanes of at least 4 members (excludes halogenated alkanes) is 4. The SMILES string of the molecule is CN=CCCCCCC=NC1CCC1. The van der Waals surface area contributed by atoms with Crippen LogP contribution >= 0.6 is 0 Å². The third-order valence-electron chi connectivity index (χ3n) is 2.74. The summed E-state index contributed by atoms with van der Waals surface area (Å²) in [6, 6.07) is 0.683. The van der Waals surface area contributed by atoms with Crippen LogP contribution in [0.2, 0.25) is 0 Å². The molecule has 1 aliphatic rings. The third-order valence-corrected chi connectivity index (χ3v) is 2.74. The van der Waals surface area contributed by atoms with E-state index in [2.05, 4.69) is 16.2 Å². The fourth-order valence-corrected chi connectivity index (χ4v) is 1.54. The standard InChI is InChI=1S/C12H22N2/c1-13-10-5-3-2-4-6-11-14-12-8-7-9-12/h10-12H,2-9H2,1H3. The first-order valence-corrected chi connectivity index (χ1v) is 5.85. The summed E-state index contributed by atoms with van der Waals surface area (Å²) < 4.78 is 0. The molecular weight excluding hydrogens is 172 g/mol. The predicted octanol–water partition coefficient (Wildman–Crippen LogP) is 3.26. The Hall–Kier alpha value is -0.660. The summed E-state index contributed by atoms with van der Waals surface area (Å²) >= 11 is 0. The molecule has 0 unspecified atom stereocenters. The monoisotopic (exact) mass is 194 g/mol. The van der Waals surface area contributed by atoms with E-state index in [0.717, 1.165) is 6.42 Å². The van der Waals surface area contributed by atoms with Gasteiger partial charge in [0.15, 0.2) is 0 Å². The van der Waals surface area contributed by atoms with Gasteiger partial charge in [0.25, 0.3) is 0 Å². The Labute approximate surface area is 87.5 Å². The first kappa shape index (κ1) is 11.4. The molecule has 0 aromatic heterocycles. The van der Waals surface area contributed by atoms with Gasteiger partial charge in [0.05, 0.1) is 0 Å². The normalized spacial score (nSPS) is 18.1. The van der Waals surface area contributed by atoms with Crippen LogP contribution in [0.1, 0.15) is 51.4 Å². The zero-order valence-corrected chi connectivity index (χ0v) is 9.28. The Balaban J connectivity index is 1.81. The molecular formula is C12H22N2. The molecule has 0 radical (unpaired) electrons. The molecule has 14 heavy (non-hydrogen) atoms. The molecule has 0 saturated heterocycles. The van der Waals surface area contributed by atoms with E-state index >= 15 is 0 Å². The molecule has 0 bridgehead atoms. The highest BCUT2D eigenvalue weighted by Gasteiger charge is 2.14. The van der Waals surface area contributed by atoms with Crippen molar-refractivity contribution in [2.75, 3.05) is 7.05 Å². The third kappa shape index (κ3) is 5.15. The molecule has 1 rings (SSSR count). The van der Waals surface area contributed by atoms with Crippen molar-refractivity contribution in [3.8, 4) is 0 Å². The van der Waals surface area contributed by atoms with Crippen LogP contribution in [-0.4, -0.2) is 25.5 Å². The van der Waals surface area contributed by atoms with Crippen molar-refractivity contribution in [3.63, 3.8) is 0 Å². The molecule has 0 aliphatic heterocycles. The Morgan fingerprint density at radius 3 is 2.36 bits per heavy atom. The van der Waals surface area contributed by atoms with Gasteiger partial charge in [0.2, 0.25) is 0 Å². The van der Waals surface area contributed by atoms with Crippen molar-refractivity contribution in [3.05, 3.63) is 0 Å². The van der Waals surface area contributed by atoms with E-state index < -0.39 is 0 Å². The minimum absolute atomic E-state index is 0.683. The lowest BCUT2D eigenvalue weighted by Crippen LogP contribution is -2.14. The predicted molar refractivity (Wildman–Crippen MR) is 63.6 cm³/mol. The smallest absolute Gasteiger partial charge is 0.0495 e. The zero-order chi connectivity index (χ0) is 10.1. The lowest BCUT2D eigenvalue weighted by atomic mass is 9.94. The highest BCUT2D eigenvalue weighted by Crippen LogP contribution is 2.21. The summed E-state index contributed by atoms with van der Waals surface area (Å²) in [6.07, 6.45) is 14.3. The van der Waals surface area contributed by atoms with Crippen molar-refractivity contribution in [2.45, 2.75) is 57.4 Å². The molecule has 0 heterocycles. The van der Waals surface area contributed by atoms with Crippen molar-refractivity contribution in [2.24, 2.45) is 9.98 Å². The van der Waals surface area contributed by atoms with Gasteiger partial charge < -0.3 is 4.99 Å². The number of hydrogen-bond donors (Lipinski definition) is 0. The summed E-state index contributed by atoms with van der Waals surface area (Å²) in [5.41, 5.74) is 0. The summed E-state index contributed by atoms with van der Waals surface area (Å²) in [6.45, 7) is 0. The molecule has 0 aromatic rings. The van der Waals surface area contributed by atoms with E-state index in [1.165, 1.54) is 44.9 Å². The van der Waals surface area contributed by atoms with Gasteiger partial charge in [-0.25, -0.2) is 0 Å². The molecule has 1 saturated carbocycles. The first-order chi connectivity index (χ1) is 6.93. The molecule has 0 spiro atoms. The van der Waals surface area contributed by atoms with Crippen molar-refractivity contribution in [1.82, 2.24) is 0 Å². The second-order valence-corrected chi connectivity index (χ2v) is 4.00. The van der Waals surface area contributed by atoms with Gasteiger partial charge >= 0.3 is 0 Å². The molecule has 0 aromatic carbocycles. The Morgan fingerprint density at radius 1 is 1.07 bits per heavy atom. The van der Waals surface area contributed by atoms with Gasteiger partial charge in [-0.2, -0.15) is 0 Å². The molecule has 0 amide bonds. The van der Waals surface area contributed by atoms with Crippen LogP contribution in [0.15, 0.2) is 9.98 Å². The number of nitrogens with zero attached hydrogens (tertiary/aromatic N) is 2. The Morgan fingerprint density at radius 2 is 1.79 bits per heavy atom. The van der Waals surface area contributed by atoms with E-state index in [4.69, 9.17) is 0 Å². The Kier molecular flexibility index (Phi) is 6.29. The quantitative estimate of drug-likeness (QED) is 0.439. The van der Waals surface area contributed by atoms with Crippen molar-refractivity contribution >= 4 is 12.4 Å². The molecule has 0 N–H and O–H groups in total. The molecule has 80 valence electrons. The van der Waals surface area contributed by atoms with Crippen molar-refractivity contribution in [1.29, 1.82) is 0 Å². The fraction of sp³-hybridized carbons (Fsp3) is 0.833. The van der Waals surface area contributed by atoms with Gasteiger partial charge in [-0.3, -0.25) is 4.99 Å². The largest absolute Gasteiger partial charge is 0.301 e. The summed E-state index contributed by atoms with van der Waals surface area (Å²) in [5.74, 6) is 0. The average Bonchev–Trinajstić information content (AvgIpc) is 2.13. The van der Waals surface area contributed by atoms with E-state index in [1.54, 1.807) is 0 Å². The molecule has 2 heteroatoms. The topological polar surface area (TPSA) is 24.7 Å². The average molecular weight is 194 g/mol. The van der Waals surface area contributed by atoms with Gasteiger partial charge in [0, 0.05) is 13.1 Å². The summed E-state index contributed by atoms with van der Waals surface area (Å²) in [5, 5.41) is 0. The van der Waals surface area contributed by atoms with E-state index in [0.29, 0.717) is 6.04 Å². The lowest BCUT2D eigenvalue weighted by molar-refractivity contribution is 0.420. The maximum atomic E-state index is 4.51. The highest BCUT2D eigenvalue weighted by atomic mass is 14.8. The number of hydrogen-bond acceptors (Lipinski definition) is 2. The first-order valence-electron chi connectivity index (χ1n) is 5.85. The summed E-state index contributed by atoms with van der Waals surface area (Å²) in [4.78, 5) is 8.47. The zero-order valence-electron chi connectivity index (χ0n) is 9.28. The van der Waals surface area contributed by atoms with Crippen LogP contribution in [-0.2, 0) is 0 Å². The lowest BCUT2D eigenvalue weighted by Gasteiger charge is -2.20. The number of aliphatic imine (C=N–C) groups is 2. The van der Waals surface area contributed by atoms with Crippen LogP contribution < -0.4 is 0 Å². The highest BCUT2D eigenvalue weighted by molar-refractivity contribution is 5.57. The van der Waals surface area contributed by atoms with Gasteiger partial charge in [-0.05, 0) is 57.4 Å². The van der Waals surface area contributed by atoms with E-state index in [9.17, 15) is 0 Å². The van der Waals surface area contributed by atoms with Crippen molar-refractivity contribution < 1.29 is 0 Å². The molecule has 1 aliphatic carbocycles. The van der Waals surface area contributed by atoms with Crippen LogP contribution in [0.3, 0.4) is 0 Å².